The van der Waals surface area contributed by atoms with Crippen LogP contribution in [0.1, 0.15) is 20.8 Å². The number of rotatable bonds is 0. The molecule has 0 aliphatic carbocycles. The van der Waals surface area contributed by atoms with Gasteiger partial charge < -0.3 is 15.3 Å². The van der Waals surface area contributed by atoms with Gasteiger partial charge in [-0.25, -0.2) is 10.2 Å². The van der Waals surface area contributed by atoms with E-state index >= 15 is 0 Å². The summed E-state index contributed by atoms with van der Waals surface area (Å²) in [6.45, 7) is 6.02. The topological polar surface area (TPSA) is 73.8 Å². The maximum atomic E-state index is 11.8. The number of hydrogen-bond donors (Lipinski definition) is 3. The van der Waals surface area contributed by atoms with Gasteiger partial charge in [-0.1, -0.05) is 0 Å². The van der Waals surface area contributed by atoms with Gasteiger partial charge in [0, 0.05) is 11.8 Å². The molecular weight excluding hydrogens is 210 g/mol. The molecule has 0 aromatic rings. The number of hydrogen-bond acceptors (Lipinski definition) is 5. The molecule has 0 spiro atoms. The third-order valence-corrected chi connectivity index (χ3v) is 2.49. The zero-order valence-electron chi connectivity index (χ0n) is 9.70. The van der Waals surface area contributed by atoms with E-state index in [1.165, 1.54) is 4.90 Å². The first-order valence-electron chi connectivity index (χ1n) is 5.23. The molecule has 2 aliphatic rings. The molecule has 6 nitrogen and oxygen atoms in total. The molecule has 0 bridgehead atoms. The lowest BCUT2D eigenvalue weighted by Gasteiger charge is -2.25. The first kappa shape index (κ1) is 11.2. The largest absolute Gasteiger partial charge is 0.444 e. The summed E-state index contributed by atoms with van der Waals surface area (Å²) in [4.78, 5) is 13.2. The molecule has 1 fully saturated rings. The second kappa shape index (κ2) is 3.36. The molecule has 0 aromatic carbocycles. The van der Waals surface area contributed by atoms with Crippen LogP contribution in [0.25, 0.3) is 0 Å². The van der Waals surface area contributed by atoms with E-state index in [0.717, 1.165) is 5.57 Å². The van der Waals surface area contributed by atoms with Crippen molar-refractivity contribution in [2.45, 2.75) is 32.1 Å². The molecule has 1 saturated heterocycles. The smallest absolute Gasteiger partial charge is 0.410 e. The molecule has 16 heavy (non-hydrogen) atoms. The van der Waals surface area contributed by atoms with Gasteiger partial charge >= 0.3 is 6.09 Å². The summed E-state index contributed by atoms with van der Waals surface area (Å²) in [6, 6.07) is 0. The van der Waals surface area contributed by atoms with Crippen molar-refractivity contribution in [2.24, 2.45) is 0 Å². The molecule has 3 N–H and O–H groups in total. The Kier molecular flexibility index (Phi) is 2.36. The van der Waals surface area contributed by atoms with Crippen LogP contribution in [0.5, 0.6) is 0 Å². The summed E-state index contributed by atoms with van der Waals surface area (Å²) in [6.07, 6.45) is 1.27. The van der Waals surface area contributed by atoms with Crippen molar-refractivity contribution in [1.29, 1.82) is 0 Å². The first-order valence-corrected chi connectivity index (χ1v) is 5.23. The third kappa shape index (κ3) is 1.98. The van der Waals surface area contributed by atoms with Crippen molar-refractivity contribution >= 4 is 6.09 Å². The molecule has 1 atom stereocenters. The van der Waals surface area contributed by atoms with Gasteiger partial charge in [-0.3, -0.25) is 4.90 Å². The fourth-order valence-electron chi connectivity index (χ4n) is 1.75. The Morgan fingerprint density at radius 1 is 1.62 bits per heavy atom. The SMILES string of the molecule is CC(C)(C)OC(=O)N1CC2=CNNC2(O)C1. The second-order valence-electron chi connectivity index (χ2n) is 5.14. The number of hydrazine groups is 1. The van der Waals surface area contributed by atoms with Gasteiger partial charge in [0.15, 0.2) is 5.72 Å². The lowest BCUT2D eigenvalue weighted by Crippen LogP contribution is -2.50. The fourth-order valence-corrected chi connectivity index (χ4v) is 1.75. The zero-order valence-corrected chi connectivity index (χ0v) is 9.70. The van der Waals surface area contributed by atoms with E-state index in [1.807, 2.05) is 20.8 Å². The van der Waals surface area contributed by atoms with Crippen LogP contribution in [0.3, 0.4) is 0 Å². The maximum absolute atomic E-state index is 11.8. The number of nitrogens with zero attached hydrogens (tertiary/aromatic N) is 1. The Hall–Kier alpha value is -1.27. The molecule has 1 amide bonds. The second-order valence-corrected chi connectivity index (χ2v) is 5.14. The van der Waals surface area contributed by atoms with Crippen LogP contribution in [-0.2, 0) is 4.74 Å². The number of carbonyl (C=O) groups is 1. The summed E-state index contributed by atoms with van der Waals surface area (Å²) >= 11 is 0. The van der Waals surface area contributed by atoms with Gasteiger partial charge in [-0.2, -0.15) is 0 Å². The molecule has 0 aromatic heterocycles. The molecule has 90 valence electrons. The van der Waals surface area contributed by atoms with Gasteiger partial charge in [0.1, 0.15) is 5.60 Å². The van der Waals surface area contributed by atoms with Crippen molar-refractivity contribution in [3.8, 4) is 0 Å². The van der Waals surface area contributed by atoms with Crippen LogP contribution in [0.4, 0.5) is 4.79 Å². The normalized spacial score (nSPS) is 28.5. The highest BCUT2D eigenvalue weighted by molar-refractivity contribution is 5.70. The number of aliphatic hydroxyl groups is 1. The van der Waals surface area contributed by atoms with Crippen LogP contribution in [0.2, 0.25) is 0 Å². The van der Waals surface area contributed by atoms with Gasteiger partial charge in [0.25, 0.3) is 0 Å². The van der Waals surface area contributed by atoms with Crippen molar-refractivity contribution in [2.75, 3.05) is 13.1 Å². The van der Waals surface area contributed by atoms with Crippen LogP contribution < -0.4 is 10.9 Å². The molecule has 2 aliphatic heterocycles. The van der Waals surface area contributed by atoms with E-state index < -0.39 is 17.4 Å². The van der Waals surface area contributed by atoms with E-state index in [1.54, 1.807) is 6.20 Å². The summed E-state index contributed by atoms with van der Waals surface area (Å²) in [7, 11) is 0. The fraction of sp³-hybridized carbons (Fsp3) is 0.700. The number of carbonyl (C=O) groups excluding carboxylic acids is 1. The number of ether oxygens (including phenoxy) is 1. The third-order valence-electron chi connectivity index (χ3n) is 2.49. The predicted molar refractivity (Wildman–Crippen MR) is 57.1 cm³/mol. The zero-order chi connectivity index (χ0) is 12.0. The van der Waals surface area contributed by atoms with Crippen molar-refractivity contribution < 1.29 is 14.6 Å². The standard InChI is InChI=1S/C10H17N3O3/c1-9(2,3)16-8(14)13-5-7-4-11-12-10(7,15)6-13/h4,11-12,15H,5-6H2,1-3H3. The predicted octanol–water partition coefficient (Wildman–Crippen LogP) is -0.0826. The minimum Gasteiger partial charge on any atom is -0.444 e. The molecule has 0 saturated carbocycles. The van der Waals surface area contributed by atoms with Crippen LogP contribution in [-0.4, -0.2) is 40.5 Å². The Labute approximate surface area is 94.2 Å². The first-order chi connectivity index (χ1) is 7.30. The van der Waals surface area contributed by atoms with E-state index in [2.05, 4.69) is 10.9 Å². The Bertz CT molecular complexity index is 348. The molecule has 0 radical (unpaired) electrons. The molecule has 2 rings (SSSR count). The lowest BCUT2D eigenvalue weighted by molar-refractivity contribution is 0.0101. The number of β-amino-alcohol motifs (C(OH)–C–C–N with tert-alkyl or cyclic N) is 1. The van der Waals surface area contributed by atoms with Crippen molar-refractivity contribution in [3.05, 3.63) is 11.8 Å². The van der Waals surface area contributed by atoms with Gasteiger partial charge in [0.05, 0.1) is 13.1 Å². The summed E-state index contributed by atoms with van der Waals surface area (Å²) < 4.78 is 5.23. The Morgan fingerprint density at radius 3 is 2.88 bits per heavy atom. The van der Waals surface area contributed by atoms with Crippen molar-refractivity contribution in [1.82, 2.24) is 15.8 Å². The summed E-state index contributed by atoms with van der Waals surface area (Å²) in [5.74, 6) is 0. The molecule has 6 heteroatoms. The Morgan fingerprint density at radius 2 is 2.31 bits per heavy atom. The average molecular weight is 227 g/mol. The molecular formula is C10H17N3O3. The van der Waals surface area contributed by atoms with Gasteiger partial charge in [0.2, 0.25) is 0 Å². The van der Waals surface area contributed by atoms with E-state index in [-0.39, 0.29) is 6.54 Å². The summed E-state index contributed by atoms with van der Waals surface area (Å²) in [5, 5.41) is 10.1. The van der Waals surface area contributed by atoms with Gasteiger partial charge in [-0.05, 0) is 20.8 Å². The van der Waals surface area contributed by atoms with E-state index in [0.29, 0.717) is 6.54 Å². The van der Waals surface area contributed by atoms with Crippen LogP contribution in [0.15, 0.2) is 11.8 Å². The minimum absolute atomic E-state index is 0.195. The summed E-state index contributed by atoms with van der Waals surface area (Å²) in [5.41, 5.74) is 4.53. The molecule has 2 heterocycles. The monoisotopic (exact) mass is 227 g/mol. The average Bonchev–Trinajstić information content (AvgIpc) is 2.55. The van der Waals surface area contributed by atoms with Gasteiger partial charge in [-0.15, -0.1) is 0 Å². The Balaban J connectivity index is 2.02. The number of amides is 1. The number of fused-ring (bicyclic) bond motifs is 1. The minimum atomic E-state index is -1.14. The van der Waals surface area contributed by atoms with E-state index in [9.17, 15) is 9.90 Å². The van der Waals surface area contributed by atoms with E-state index in [4.69, 9.17) is 4.74 Å². The van der Waals surface area contributed by atoms with Crippen LogP contribution in [0, 0.1) is 0 Å². The number of likely N-dealkylation sites (tertiary alicyclic amines) is 1. The quantitative estimate of drug-likeness (QED) is 0.539. The highest BCUT2D eigenvalue weighted by atomic mass is 16.6. The molecule has 1 unspecified atom stereocenters. The highest BCUT2D eigenvalue weighted by Crippen LogP contribution is 2.27. The number of nitrogens with one attached hydrogen (secondary N) is 2. The van der Waals surface area contributed by atoms with Crippen molar-refractivity contribution in [3.63, 3.8) is 0 Å². The maximum Gasteiger partial charge on any atom is 0.410 e. The van der Waals surface area contributed by atoms with Crippen LogP contribution >= 0.6 is 0 Å². The lowest BCUT2D eigenvalue weighted by atomic mass is 10.1. The highest BCUT2D eigenvalue weighted by Gasteiger charge is 2.46.